The zero-order valence-electron chi connectivity index (χ0n) is 19.4. The quantitative estimate of drug-likeness (QED) is 0.319. The lowest BCUT2D eigenvalue weighted by atomic mass is 9.99. The molecular weight excluding hydrogens is 430 g/mol. The van der Waals surface area contributed by atoms with Crippen molar-refractivity contribution in [2.75, 3.05) is 23.8 Å². The first kappa shape index (κ1) is 23.4. The summed E-state index contributed by atoms with van der Waals surface area (Å²) in [6.45, 7) is 0.679. The number of allylic oxidation sites excluding steroid dienone is 1. The van der Waals surface area contributed by atoms with Gasteiger partial charge in [-0.05, 0) is 43.4 Å². The summed E-state index contributed by atoms with van der Waals surface area (Å²) in [6, 6.07) is 7.75. The number of nitrogens with one attached hydrogen (secondary N) is 4. The Labute approximate surface area is 199 Å². The summed E-state index contributed by atoms with van der Waals surface area (Å²) in [4.78, 5) is 35.3. The van der Waals surface area contributed by atoms with Crippen LogP contribution in [0.5, 0.6) is 0 Å². The van der Waals surface area contributed by atoms with Crippen LogP contribution < -0.4 is 20.9 Å². The fourth-order valence-corrected chi connectivity index (χ4v) is 4.66. The van der Waals surface area contributed by atoms with Crippen LogP contribution in [0.3, 0.4) is 0 Å². The van der Waals surface area contributed by atoms with Gasteiger partial charge < -0.3 is 21.4 Å². The van der Waals surface area contributed by atoms with Gasteiger partial charge in [0.2, 0.25) is 18.3 Å². The fraction of sp³-hybridized carbons (Fsp3) is 0.400. The van der Waals surface area contributed by atoms with Crippen molar-refractivity contribution >= 4 is 41.6 Å². The first-order valence-corrected chi connectivity index (χ1v) is 11.8. The summed E-state index contributed by atoms with van der Waals surface area (Å²) in [5, 5.41) is 16.6. The summed E-state index contributed by atoms with van der Waals surface area (Å²) >= 11 is 0. The molecule has 2 fully saturated rings. The molecule has 1 aliphatic heterocycles. The number of nitrogens with zero attached hydrogens (tertiary/aromatic N) is 3. The zero-order valence-corrected chi connectivity index (χ0v) is 19.4. The van der Waals surface area contributed by atoms with Crippen molar-refractivity contribution in [1.82, 2.24) is 20.6 Å². The number of benzene rings is 1. The van der Waals surface area contributed by atoms with Gasteiger partial charge >= 0.3 is 0 Å². The van der Waals surface area contributed by atoms with Crippen LogP contribution in [-0.4, -0.2) is 48.1 Å². The molecule has 4 rings (SSSR count). The molecule has 4 N–H and O–H groups in total. The molecule has 1 aromatic carbocycles. The Hall–Kier alpha value is -3.75. The number of hydrogen-bond donors (Lipinski definition) is 4. The van der Waals surface area contributed by atoms with Crippen LogP contribution in [0.2, 0.25) is 0 Å². The molecule has 9 nitrogen and oxygen atoms in total. The van der Waals surface area contributed by atoms with E-state index in [9.17, 15) is 9.59 Å². The molecule has 34 heavy (non-hydrogen) atoms. The van der Waals surface area contributed by atoms with Crippen molar-refractivity contribution in [3.63, 3.8) is 0 Å². The van der Waals surface area contributed by atoms with E-state index in [2.05, 4.69) is 20.9 Å². The minimum absolute atomic E-state index is 0.0448. The highest BCUT2D eigenvalue weighted by molar-refractivity contribution is 6.08. The lowest BCUT2D eigenvalue weighted by Crippen LogP contribution is -2.34. The molecule has 1 aromatic heterocycles. The third kappa shape index (κ3) is 5.24. The molecule has 1 aliphatic carbocycles. The van der Waals surface area contributed by atoms with E-state index in [4.69, 9.17) is 10.4 Å². The molecule has 0 radical (unpaired) electrons. The smallest absolute Gasteiger partial charge is 0.229 e. The van der Waals surface area contributed by atoms with E-state index in [1.165, 1.54) is 6.21 Å². The molecule has 178 valence electrons. The van der Waals surface area contributed by atoms with Gasteiger partial charge in [0.15, 0.2) is 0 Å². The van der Waals surface area contributed by atoms with Crippen LogP contribution in [0, 0.1) is 11.3 Å². The Balaban J connectivity index is 1.60. The number of hydrogen-bond acceptors (Lipinski definition) is 7. The normalized spacial score (nSPS) is 18.4. The number of carbonyl (C=O) groups is 2. The van der Waals surface area contributed by atoms with Crippen molar-refractivity contribution in [3.8, 4) is 0 Å². The molecule has 0 spiro atoms. The van der Waals surface area contributed by atoms with Crippen molar-refractivity contribution in [2.24, 2.45) is 5.92 Å². The molecule has 1 atom stereocenters. The molecule has 2 amide bonds. The summed E-state index contributed by atoms with van der Waals surface area (Å²) in [6.07, 6.45) is 11.0. The number of aromatic nitrogens is 2. The molecule has 2 heterocycles. The Morgan fingerprint density at radius 3 is 2.62 bits per heavy atom. The van der Waals surface area contributed by atoms with Crippen LogP contribution >= 0.6 is 0 Å². The van der Waals surface area contributed by atoms with E-state index >= 15 is 0 Å². The fourth-order valence-electron chi connectivity index (χ4n) is 4.66. The lowest BCUT2D eigenvalue weighted by Gasteiger charge is -2.26. The van der Waals surface area contributed by atoms with Gasteiger partial charge in [-0.3, -0.25) is 14.5 Å². The molecule has 2 aromatic rings. The summed E-state index contributed by atoms with van der Waals surface area (Å²) in [5.74, 6) is 0.895. The van der Waals surface area contributed by atoms with Crippen molar-refractivity contribution in [3.05, 3.63) is 47.8 Å². The number of anilines is 3. The minimum atomic E-state index is -0.125. The Morgan fingerprint density at radius 2 is 2.00 bits per heavy atom. The summed E-state index contributed by atoms with van der Waals surface area (Å²) in [7, 11) is 1.80. The Morgan fingerprint density at radius 1 is 1.24 bits per heavy atom. The molecule has 9 heteroatoms. The van der Waals surface area contributed by atoms with Crippen LogP contribution in [0.15, 0.2) is 36.7 Å². The first-order chi connectivity index (χ1) is 16.6. The average Bonchev–Trinajstić information content (AvgIpc) is 3.52. The summed E-state index contributed by atoms with van der Waals surface area (Å²) in [5.41, 5.74) is 3.29. The van der Waals surface area contributed by atoms with Crippen LogP contribution in [0.1, 0.15) is 43.2 Å². The van der Waals surface area contributed by atoms with Crippen LogP contribution in [-0.2, 0) is 16.0 Å². The van der Waals surface area contributed by atoms with Crippen molar-refractivity contribution in [2.45, 2.75) is 44.6 Å². The molecule has 1 saturated heterocycles. The van der Waals surface area contributed by atoms with Crippen molar-refractivity contribution < 1.29 is 9.59 Å². The summed E-state index contributed by atoms with van der Waals surface area (Å²) < 4.78 is 0. The van der Waals surface area contributed by atoms with Crippen LogP contribution in [0.4, 0.5) is 17.5 Å². The number of carbonyl (C=O) groups excluding carboxylic acids is 2. The standard InChI is InChI=1S/C25H31N7O2/c1-27-14-20(13-26)17-6-8-21(9-7-17)30-25-29-15-19(12-18-10-11-28-24(18)34)23(31-25)32(16-33)22-4-2-3-5-22/h6-9,13-16,18,22,26-27H,2-5,10-12H2,1H3,(H,28,34)(H,29,30,31)/b20-14+,26-13?/t18-/m0/s1. The van der Waals surface area contributed by atoms with Crippen LogP contribution in [0.25, 0.3) is 5.57 Å². The maximum absolute atomic E-state index is 12.2. The van der Waals surface area contributed by atoms with E-state index in [1.807, 2.05) is 24.3 Å². The SMILES string of the molecule is CN/C=C(\C=N)c1ccc(Nc2ncc(C[C@@H]3CCNC3=O)c(N(C=O)C3CCCC3)n2)cc1. The van der Waals surface area contributed by atoms with E-state index in [0.717, 1.165) is 60.9 Å². The van der Waals surface area contributed by atoms with E-state index in [1.54, 1.807) is 24.3 Å². The second-order valence-corrected chi connectivity index (χ2v) is 8.71. The highest BCUT2D eigenvalue weighted by Crippen LogP contribution is 2.31. The molecule has 2 aliphatic rings. The molecule has 0 unspecified atom stereocenters. The molecule has 1 saturated carbocycles. The topological polar surface area (TPSA) is 123 Å². The number of amides is 2. The van der Waals surface area contributed by atoms with E-state index in [-0.39, 0.29) is 17.9 Å². The zero-order chi connectivity index (χ0) is 23.9. The highest BCUT2D eigenvalue weighted by atomic mass is 16.2. The van der Waals surface area contributed by atoms with Gasteiger partial charge in [0.1, 0.15) is 5.82 Å². The predicted octanol–water partition coefficient (Wildman–Crippen LogP) is 3.01. The van der Waals surface area contributed by atoms with Gasteiger partial charge in [0, 0.05) is 61.0 Å². The number of rotatable bonds is 10. The second-order valence-electron chi connectivity index (χ2n) is 8.71. The van der Waals surface area contributed by atoms with Gasteiger partial charge in [-0.1, -0.05) is 25.0 Å². The Bertz CT molecular complexity index is 1060. The predicted molar refractivity (Wildman–Crippen MR) is 133 cm³/mol. The maximum atomic E-state index is 12.2. The van der Waals surface area contributed by atoms with E-state index in [0.29, 0.717) is 24.7 Å². The lowest BCUT2D eigenvalue weighted by molar-refractivity contribution is -0.122. The highest BCUT2D eigenvalue weighted by Gasteiger charge is 2.30. The van der Waals surface area contributed by atoms with E-state index < -0.39 is 0 Å². The third-order valence-electron chi connectivity index (χ3n) is 6.48. The average molecular weight is 462 g/mol. The van der Waals surface area contributed by atoms with Gasteiger partial charge in [0.25, 0.3) is 0 Å². The minimum Gasteiger partial charge on any atom is -0.393 e. The molecular formula is C25H31N7O2. The third-order valence-corrected chi connectivity index (χ3v) is 6.48. The second kappa shape index (κ2) is 10.9. The maximum Gasteiger partial charge on any atom is 0.229 e. The van der Waals surface area contributed by atoms with Gasteiger partial charge in [0.05, 0.1) is 0 Å². The van der Waals surface area contributed by atoms with Crippen molar-refractivity contribution in [1.29, 1.82) is 5.41 Å². The molecule has 0 bridgehead atoms. The largest absolute Gasteiger partial charge is 0.393 e. The van der Waals surface area contributed by atoms with Gasteiger partial charge in [-0.2, -0.15) is 4.98 Å². The Kier molecular flexibility index (Phi) is 7.51. The van der Waals surface area contributed by atoms with Gasteiger partial charge in [-0.15, -0.1) is 0 Å². The first-order valence-electron chi connectivity index (χ1n) is 11.8. The van der Waals surface area contributed by atoms with Gasteiger partial charge in [-0.25, -0.2) is 4.98 Å². The monoisotopic (exact) mass is 461 g/mol.